The van der Waals surface area contributed by atoms with E-state index in [0.29, 0.717) is 0 Å². The van der Waals surface area contributed by atoms with Crippen molar-refractivity contribution in [1.82, 2.24) is 20.1 Å². The predicted octanol–water partition coefficient (Wildman–Crippen LogP) is 1.52. The standard InChI is InChI=1S/C15H26N4O2S/c1-13(4-2-9-20)17-15(21)19-6-3-5-18(7-8-19)10-14-11-22-12-16-14/h11-13,20H,2-10H2,1H3,(H,17,21). The second kappa shape index (κ2) is 9.07. The van der Waals surface area contributed by atoms with Gasteiger partial charge in [0.05, 0.1) is 11.2 Å². The molecule has 1 aliphatic heterocycles. The Morgan fingerprint density at radius 3 is 3.05 bits per heavy atom. The number of hydrogen-bond donors (Lipinski definition) is 2. The van der Waals surface area contributed by atoms with Crippen molar-refractivity contribution in [2.24, 2.45) is 0 Å². The molecule has 1 aromatic rings. The number of hydrogen-bond acceptors (Lipinski definition) is 5. The summed E-state index contributed by atoms with van der Waals surface area (Å²) in [6.45, 7) is 6.47. The van der Waals surface area contributed by atoms with Crippen molar-refractivity contribution in [3.05, 3.63) is 16.6 Å². The molecule has 2 heterocycles. The van der Waals surface area contributed by atoms with Crippen LogP contribution in [-0.4, -0.2) is 64.7 Å². The molecule has 1 saturated heterocycles. The molecule has 0 saturated carbocycles. The molecule has 2 N–H and O–H groups in total. The van der Waals surface area contributed by atoms with Gasteiger partial charge in [-0.1, -0.05) is 0 Å². The van der Waals surface area contributed by atoms with E-state index in [1.54, 1.807) is 11.3 Å². The number of rotatable bonds is 6. The number of carbonyl (C=O) groups is 1. The van der Waals surface area contributed by atoms with Crippen LogP contribution in [0, 0.1) is 0 Å². The van der Waals surface area contributed by atoms with Gasteiger partial charge in [0.25, 0.3) is 0 Å². The van der Waals surface area contributed by atoms with E-state index in [-0.39, 0.29) is 18.7 Å². The Morgan fingerprint density at radius 2 is 2.32 bits per heavy atom. The molecule has 6 nitrogen and oxygen atoms in total. The van der Waals surface area contributed by atoms with Crippen LogP contribution >= 0.6 is 11.3 Å². The highest BCUT2D eigenvalue weighted by Crippen LogP contribution is 2.10. The number of thiazole rings is 1. The van der Waals surface area contributed by atoms with Crippen molar-refractivity contribution in [3.63, 3.8) is 0 Å². The van der Waals surface area contributed by atoms with E-state index in [2.05, 4.69) is 20.6 Å². The molecule has 1 aromatic heterocycles. The van der Waals surface area contributed by atoms with Gasteiger partial charge in [0.1, 0.15) is 0 Å². The number of nitrogens with one attached hydrogen (secondary N) is 1. The van der Waals surface area contributed by atoms with Crippen molar-refractivity contribution in [1.29, 1.82) is 0 Å². The molecule has 1 aliphatic rings. The number of carbonyl (C=O) groups excluding carboxylic acids is 1. The van der Waals surface area contributed by atoms with Gasteiger partial charge in [-0.15, -0.1) is 11.3 Å². The first-order valence-electron chi connectivity index (χ1n) is 7.94. The van der Waals surface area contributed by atoms with Crippen molar-refractivity contribution in [3.8, 4) is 0 Å². The van der Waals surface area contributed by atoms with E-state index in [4.69, 9.17) is 5.11 Å². The van der Waals surface area contributed by atoms with Crippen LogP contribution < -0.4 is 5.32 Å². The highest BCUT2D eigenvalue weighted by molar-refractivity contribution is 7.07. The van der Waals surface area contributed by atoms with Gasteiger partial charge in [0, 0.05) is 50.8 Å². The van der Waals surface area contributed by atoms with E-state index in [9.17, 15) is 4.79 Å². The van der Waals surface area contributed by atoms with Crippen LogP contribution in [0.25, 0.3) is 0 Å². The molecular formula is C15H26N4O2S. The minimum Gasteiger partial charge on any atom is -0.396 e. The summed E-state index contributed by atoms with van der Waals surface area (Å²) < 4.78 is 0. The molecule has 2 rings (SSSR count). The van der Waals surface area contributed by atoms with Crippen LogP contribution in [0.5, 0.6) is 0 Å². The average molecular weight is 326 g/mol. The molecule has 0 bridgehead atoms. The van der Waals surface area contributed by atoms with E-state index in [1.165, 1.54) is 0 Å². The van der Waals surface area contributed by atoms with Gasteiger partial charge in [-0.3, -0.25) is 4.90 Å². The third kappa shape index (κ3) is 5.55. The van der Waals surface area contributed by atoms with Crippen molar-refractivity contribution < 1.29 is 9.90 Å². The minimum atomic E-state index is 0.0148. The summed E-state index contributed by atoms with van der Waals surface area (Å²) in [5.41, 5.74) is 2.97. The average Bonchev–Trinajstić information content (AvgIpc) is 2.89. The molecule has 0 radical (unpaired) electrons. The molecule has 1 atom stereocenters. The summed E-state index contributed by atoms with van der Waals surface area (Å²) in [6.07, 6.45) is 2.53. The highest BCUT2D eigenvalue weighted by atomic mass is 32.1. The second-order valence-corrected chi connectivity index (χ2v) is 6.53. The maximum atomic E-state index is 12.3. The molecule has 0 aliphatic carbocycles. The van der Waals surface area contributed by atoms with Gasteiger partial charge in [0.15, 0.2) is 0 Å². The molecular weight excluding hydrogens is 300 g/mol. The normalized spacial score (nSPS) is 18.0. The number of aliphatic hydroxyl groups excluding tert-OH is 1. The van der Waals surface area contributed by atoms with Crippen molar-refractivity contribution in [2.75, 3.05) is 32.8 Å². The molecule has 22 heavy (non-hydrogen) atoms. The fourth-order valence-electron chi connectivity index (χ4n) is 2.65. The lowest BCUT2D eigenvalue weighted by Crippen LogP contribution is -2.45. The Hall–Kier alpha value is -1.18. The maximum absolute atomic E-state index is 12.3. The first-order chi connectivity index (χ1) is 10.7. The zero-order chi connectivity index (χ0) is 15.8. The fraction of sp³-hybridized carbons (Fsp3) is 0.733. The molecule has 1 fully saturated rings. The lowest BCUT2D eigenvalue weighted by Gasteiger charge is -2.24. The summed E-state index contributed by atoms with van der Waals surface area (Å²) >= 11 is 1.62. The second-order valence-electron chi connectivity index (χ2n) is 5.81. The van der Waals surface area contributed by atoms with Crippen LogP contribution in [0.1, 0.15) is 31.9 Å². The van der Waals surface area contributed by atoms with Crippen molar-refractivity contribution in [2.45, 2.75) is 38.8 Å². The zero-order valence-electron chi connectivity index (χ0n) is 13.2. The highest BCUT2D eigenvalue weighted by Gasteiger charge is 2.20. The monoisotopic (exact) mass is 326 g/mol. The predicted molar refractivity (Wildman–Crippen MR) is 87.9 cm³/mol. The quantitative estimate of drug-likeness (QED) is 0.832. The third-order valence-corrected chi connectivity index (χ3v) is 4.55. The van der Waals surface area contributed by atoms with Crippen LogP contribution in [0.4, 0.5) is 4.79 Å². The maximum Gasteiger partial charge on any atom is 0.317 e. The van der Waals surface area contributed by atoms with Crippen LogP contribution in [0.2, 0.25) is 0 Å². The largest absolute Gasteiger partial charge is 0.396 e. The number of aromatic nitrogens is 1. The Labute approximate surface area is 136 Å². The lowest BCUT2D eigenvalue weighted by atomic mass is 10.2. The number of aliphatic hydroxyl groups is 1. The van der Waals surface area contributed by atoms with E-state index < -0.39 is 0 Å². The summed E-state index contributed by atoms with van der Waals surface area (Å²) in [5.74, 6) is 0. The summed E-state index contributed by atoms with van der Waals surface area (Å²) in [6, 6.07) is 0.120. The van der Waals surface area contributed by atoms with Crippen LogP contribution in [0.15, 0.2) is 10.9 Å². The van der Waals surface area contributed by atoms with E-state index in [1.807, 2.05) is 17.3 Å². The Balaban J connectivity index is 1.75. The summed E-state index contributed by atoms with van der Waals surface area (Å²) in [4.78, 5) is 20.9. The van der Waals surface area contributed by atoms with Gasteiger partial charge in [0.2, 0.25) is 0 Å². The summed E-state index contributed by atoms with van der Waals surface area (Å²) in [7, 11) is 0. The molecule has 0 aromatic carbocycles. The van der Waals surface area contributed by atoms with Gasteiger partial charge in [-0.2, -0.15) is 0 Å². The smallest absolute Gasteiger partial charge is 0.317 e. The Kier molecular flexibility index (Phi) is 7.08. The Morgan fingerprint density at radius 1 is 1.45 bits per heavy atom. The van der Waals surface area contributed by atoms with Crippen molar-refractivity contribution >= 4 is 17.4 Å². The Bertz CT molecular complexity index is 441. The van der Waals surface area contributed by atoms with Gasteiger partial charge in [-0.05, 0) is 26.2 Å². The minimum absolute atomic E-state index is 0.0148. The summed E-state index contributed by atoms with van der Waals surface area (Å²) in [5, 5.41) is 13.9. The first kappa shape index (κ1) is 17.2. The fourth-order valence-corrected chi connectivity index (χ4v) is 3.20. The van der Waals surface area contributed by atoms with Gasteiger partial charge >= 0.3 is 6.03 Å². The number of nitrogens with zero attached hydrogens (tertiary/aromatic N) is 3. The van der Waals surface area contributed by atoms with Crippen LogP contribution in [0.3, 0.4) is 0 Å². The van der Waals surface area contributed by atoms with Gasteiger partial charge in [-0.25, -0.2) is 9.78 Å². The zero-order valence-corrected chi connectivity index (χ0v) is 14.0. The first-order valence-corrected chi connectivity index (χ1v) is 8.89. The van der Waals surface area contributed by atoms with Crippen LogP contribution in [-0.2, 0) is 6.54 Å². The van der Waals surface area contributed by atoms with E-state index >= 15 is 0 Å². The number of urea groups is 1. The third-order valence-electron chi connectivity index (χ3n) is 3.91. The SMILES string of the molecule is CC(CCCO)NC(=O)N1CCCN(Cc2cscn2)CC1. The van der Waals surface area contributed by atoms with E-state index in [0.717, 1.165) is 57.7 Å². The molecule has 124 valence electrons. The molecule has 7 heteroatoms. The lowest BCUT2D eigenvalue weighted by molar-refractivity contribution is 0.192. The molecule has 1 unspecified atom stereocenters. The number of amides is 2. The topological polar surface area (TPSA) is 68.7 Å². The molecule has 0 spiro atoms. The molecule has 2 amide bonds. The van der Waals surface area contributed by atoms with Gasteiger partial charge < -0.3 is 15.3 Å².